The van der Waals surface area contributed by atoms with Gasteiger partial charge in [-0.05, 0) is 42.3 Å². The van der Waals surface area contributed by atoms with Gasteiger partial charge in [-0.3, -0.25) is 19.5 Å². The topological polar surface area (TPSA) is 85.8 Å². The SMILES string of the molecule is O=C(NCc1cccnc1)[C@@H]1C[C@@H](O)CN1C1CCN(C(=O)Cc2cccs2)CC1. The molecule has 2 amide bonds. The Bertz CT molecular complexity index is 837. The van der Waals surface area contributed by atoms with Crippen molar-refractivity contribution < 1.29 is 14.7 Å². The predicted octanol–water partition coefficient (Wildman–Crippen LogP) is 1.43. The van der Waals surface area contributed by atoms with Crippen LogP contribution < -0.4 is 5.32 Å². The van der Waals surface area contributed by atoms with Gasteiger partial charge in [0.25, 0.3) is 0 Å². The molecule has 0 aliphatic carbocycles. The first-order valence-corrected chi connectivity index (χ1v) is 11.4. The fourth-order valence-corrected chi connectivity index (χ4v) is 5.13. The third kappa shape index (κ3) is 5.06. The number of carbonyl (C=O) groups excluding carboxylic acids is 2. The number of piperidine rings is 1. The Balaban J connectivity index is 1.30. The first kappa shape index (κ1) is 21.0. The number of aromatic nitrogens is 1. The Hall–Kier alpha value is -2.29. The Morgan fingerprint density at radius 3 is 2.77 bits per heavy atom. The van der Waals surface area contributed by atoms with Crippen LogP contribution in [0.4, 0.5) is 0 Å². The summed E-state index contributed by atoms with van der Waals surface area (Å²) >= 11 is 1.61. The van der Waals surface area contributed by atoms with Crippen molar-refractivity contribution in [1.82, 2.24) is 20.1 Å². The lowest BCUT2D eigenvalue weighted by atomic mass is 10.0. The summed E-state index contributed by atoms with van der Waals surface area (Å²) in [6.45, 7) is 2.35. The minimum absolute atomic E-state index is 0.0494. The van der Waals surface area contributed by atoms with E-state index in [0.717, 1.165) is 23.3 Å². The molecule has 2 aromatic heterocycles. The highest BCUT2D eigenvalue weighted by atomic mass is 32.1. The third-order valence-corrected chi connectivity index (χ3v) is 6.88. The molecular formula is C22H28N4O3S. The summed E-state index contributed by atoms with van der Waals surface area (Å²) in [6.07, 6.45) is 5.53. The van der Waals surface area contributed by atoms with Crippen molar-refractivity contribution >= 4 is 23.2 Å². The number of aliphatic hydroxyl groups excluding tert-OH is 1. The number of β-amino-alcohol motifs (C(OH)–C–C–N with tert-alkyl or cyclic N) is 1. The molecular weight excluding hydrogens is 400 g/mol. The normalized spacial score (nSPS) is 22.9. The second-order valence-electron chi connectivity index (χ2n) is 8.05. The van der Waals surface area contributed by atoms with Gasteiger partial charge in [0.15, 0.2) is 0 Å². The number of pyridine rings is 1. The van der Waals surface area contributed by atoms with E-state index in [2.05, 4.69) is 15.2 Å². The highest BCUT2D eigenvalue weighted by Crippen LogP contribution is 2.27. The van der Waals surface area contributed by atoms with Crippen LogP contribution in [-0.2, 0) is 22.6 Å². The molecule has 2 aliphatic rings. The number of hydrogen-bond donors (Lipinski definition) is 2. The predicted molar refractivity (Wildman–Crippen MR) is 115 cm³/mol. The molecule has 8 heteroatoms. The molecule has 0 radical (unpaired) electrons. The van der Waals surface area contributed by atoms with Crippen LogP contribution in [0.1, 0.15) is 29.7 Å². The molecule has 2 aliphatic heterocycles. The van der Waals surface area contributed by atoms with E-state index in [1.807, 2.05) is 34.5 Å². The summed E-state index contributed by atoms with van der Waals surface area (Å²) in [7, 11) is 0. The summed E-state index contributed by atoms with van der Waals surface area (Å²) in [4.78, 5) is 34.6. The molecule has 160 valence electrons. The fraction of sp³-hybridized carbons (Fsp3) is 0.500. The average molecular weight is 429 g/mol. The first-order chi connectivity index (χ1) is 14.6. The second-order valence-corrected chi connectivity index (χ2v) is 9.08. The Morgan fingerprint density at radius 2 is 2.07 bits per heavy atom. The van der Waals surface area contributed by atoms with Crippen LogP contribution in [0.15, 0.2) is 42.0 Å². The quantitative estimate of drug-likeness (QED) is 0.727. The van der Waals surface area contributed by atoms with Crippen molar-refractivity contribution in [3.8, 4) is 0 Å². The zero-order valence-corrected chi connectivity index (χ0v) is 17.8. The number of nitrogens with one attached hydrogen (secondary N) is 1. The summed E-state index contributed by atoms with van der Waals surface area (Å²) in [5, 5.41) is 15.2. The lowest BCUT2D eigenvalue weighted by molar-refractivity contribution is -0.133. The van der Waals surface area contributed by atoms with Crippen molar-refractivity contribution in [3.05, 3.63) is 52.5 Å². The van der Waals surface area contributed by atoms with Crippen molar-refractivity contribution in [3.63, 3.8) is 0 Å². The number of amides is 2. The number of aliphatic hydroxyl groups is 1. The lowest BCUT2D eigenvalue weighted by Crippen LogP contribution is -2.52. The maximum Gasteiger partial charge on any atom is 0.237 e. The zero-order valence-electron chi connectivity index (χ0n) is 16.9. The van der Waals surface area contributed by atoms with Gasteiger partial charge in [-0.15, -0.1) is 11.3 Å². The summed E-state index contributed by atoms with van der Waals surface area (Å²) < 4.78 is 0. The van der Waals surface area contributed by atoms with Crippen molar-refractivity contribution in [2.24, 2.45) is 0 Å². The standard InChI is InChI=1S/C22H28N4O3S/c27-18-11-20(22(29)24-14-16-3-1-7-23-13-16)26(15-18)17-5-8-25(9-6-17)21(28)12-19-4-2-10-30-19/h1-4,7,10,13,17-18,20,27H,5-6,8-9,11-12,14-15H2,(H,24,29)/t18-,20+/m1/s1. The average Bonchev–Trinajstić information content (AvgIpc) is 3.42. The molecule has 2 N–H and O–H groups in total. The monoisotopic (exact) mass is 428 g/mol. The van der Waals surface area contributed by atoms with Crippen molar-refractivity contribution in [2.75, 3.05) is 19.6 Å². The summed E-state index contributed by atoms with van der Waals surface area (Å²) in [6, 6.07) is 7.63. The van der Waals surface area contributed by atoms with Gasteiger partial charge in [-0.1, -0.05) is 12.1 Å². The van der Waals surface area contributed by atoms with E-state index in [9.17, 15) is 14.7 Å². The van der Waals surface area contributed by atoms with Gasteiger partial charge in [0.05, 0.1) is 18.6 Å². The maximum absolute atomic E-state index is 12.8. The fourth-order valence-electron chi connectivity index (χ4n) is 4.43. The van der Waals surface area contributed by atoms with E-state index in [4.69, 9.17) is 0 Å². The number of nitrogens with zero attached hydrogens (tertiary/aromatic N) is 3. The van der Waals surface area contributed by atoms with Crippen LogP contribution in [0.25, 0.3) is 0 Å². The first-order valence-electron chi connectivity index (χ1n) is 10.5. The molecule has 4 rings (SSSR count). The number of hydrogen-bond acceptors (Lipinski definition) is 6. The maximum atomic E-state index is 12.8. The number of thiophene rings is 1. The minimum Gasteiger partial charge on any atom is -0.392 e. The van der Waals surface area contributed by atoms with E-state index >= 15 is 0 Å². The molecule has 2 saturated heterocycles. The van der Waals surface area contributed by atoms with Gasteiger partial charge in [0.1, 0.15) is 0 Å². The van der Waals surface area contributed by atoms with Gasteiger partial charge < -0.3 is 15.3 Å². The molecule has 0 aromatic carbocycles. The van der Waals surface area contributed by atoms with Crippen molar-refractivity contribution in [1.29, 1.82) is 0 Å². The number of carbonyl (C=O) groups is 2. The van der Waals surface area contributed by atoms with E-state index in [0.29, 0.717) is 39.0 Å². The molecule has 0 unspecified atom stereocenters. The molecule has 0 bridgehead atoms. The molecule has 4 heterocycles. The molecule has 2 fully saturated rings. The second kappa shape index (κ2) is 9.68. The molecule has 2 atom stereocenters. The summed E-state index contributed by atoms with van der Waals surface area (Å²) in [5.41, 5.74) is 0.952. The Labute approximate surface area is 180 Å². The van der Waals surface area contributed by atoms with E-state index in [1.54, 1.807) is 23.7 Å². The Morgan fingerprint density at radius 1 is 1.23 bits per heavy atom. The summed E-state index contributed by atoms with van der Waals surface area (Å²) in [5.74, 6) is 0.120. The number of rotatable bonds is 6. The van der Waals surface area contributed by atoms with Gasteiger partial charge in [-0.2, -0.15) is 0 Å². The molecule has 0 spiro atoms. The van der Waals surface area contributed by atoms with Gasteiger partial charge >= 0.3 is 0 Å². The third-order valence-electron chi connectivity index (χ3n) is 6.00. The van der Waals surface area contributed by atoms with Gasteiger partial charge in [0.2, 0.25) is 11.8 Å². The van der Waals surface area contributed by atoms with Gasteiger partial charge in [0, 0.05) is 49.5 Å². The van der Waals surface area contributed by atoms with Crippen LogP contribution in [0, 0.1) is 0 Å². The Kier molecular flexibility index (Phi) is 6.76. The van der Waals surface area contributed by atoms with E-state index in [-0.39, 0.29) is 23.9 Å². The van der Waals surface area contributed by atoms with Crippen LogP contribution in [0.2, 0.25) is 0 Å². The largest absolute Gasteiger partial charge is 0.392 e. The van der Waals surface area contributed by atoms with E-state index in [1.165, 1.54) is 0 Å². The van der Waals surface area contributed by atoms with Crippen LogP contribution in [-0.4, -0.2) is 69.5 Å². The molecule has 0 saturated carbocycles. The van der Waals surface area contributed by atoms with Crippen LogP contribution in [0.5, 0.6) is 0 Å². The molecule has 2 aromatic rings. The smallest absolute Gasteiger partial charge is 0.237 e. The lowest BCUT2D eigenvalue weighted by Gasteiger charge is -2.38. The minimum atomic E-state index is -0.488. The van der Waals surface area contributed by atoms with Crippen molar-refractivity contribution in [2.45, 2.75) is 50.4 Å². The van der Waals surface area contributed by atoms with Crippen LogP contribution in [0.3, 0.4) is 0 Å². The highest BCUT2D eigenvalue weighted by Gasteiger charge is 2.40. The molecule has 7 nitrogen and oxygen atoms in total. The zero-order chi connectivity index (χ0) is 20.9. The number of likely N-dealkylation sites (tertiary alicyclic amines) is 2. The highest BCUT2D eigenvalue weighted by molar-refractivity contribution is 7.10. The van der Waals surface area contributed by atoms with E-state index < -0.39 is 6.10 Å². The van der Waals surface area contributed by atoms with Gasteiger partial charge in [-0.25, -0.2) is 0 Å². The van der Waals surface area contributed by atoms with Crippen LogP contribution >= 0.6 is 11.3 Å². The molecule has 30 heavy (non-hydrogen) atoms.